The number of nitrogens with zero attached hydrogens (tertiary/aromatic N) is 1. The smallest absolute Gasteiger partial charge is 0.292 e. The van der Waals surface area contributed by atoms with Crippen molar-refractivity contribution < 1.29 is 9.72 Å². The molecule has 3 N–H and O–H groups in total. The third kappa shape index (κ3) is 3.50. The van der Waals surface area contributed by atoms with Crippen molar-refractivity contribution in [2.75, 3.05) is 11.1 Å². The molecule has 0 aliphatic rings. The average molecular weight is 371 g/mol. The lowest BCUT2D eigenvalue weighted by Crippen LogP contribution is -2.14. The molecule has 21 heavy (non-hydrogen) atoms. The molecule has 2 aromatic rings. The zero-order valence-electron chi connectivity index (χ0n) is 10.5. The van der Waals surface area contributed by atoms with E-state index >= 15 is 0 Å². The highest BCUT2D eigenvalue weighted by Gasteiger charge is 2.18. The highest BCUT2D eigenvalue weighted by atomic mass is 79.9. The van der Waals surface area contributed by atoms with Gasteiger partial charge in [-0.15, -0.1) is 0 Å². The van der Waals surface area contributed by atoms with Crippen LogP contribution in [0.4, 0.5) is 17.1 Å². The van der Waals surface area contributed by atoms with E-state index in [1.165, 1.54) is 24.3 Å². The summed E-state index contributed by atoms with van der Waals surface area (Å²) in [7, 11) is 0. The number of anilines is 2. The van der Waals surface area contributed by atoms with Gasteiger partial charge in [0.05, 0.1) is 10.5 Å². The van der Waals surface area contributed by atoms with Crippen molar-refractivity contribution >= 4 is 50.5 Å². The summed E-state index contributed by atoms with van der Waals surface area (Å²) in [5.74, 6) is -0.528. The lowest BCUT2D eigenvalue weighted by molar-refractivity contribution is -0.383. The third-order valence-electron chi connectivity index (χ3n) is 2.64. The quantitative estimate of drug-likeness (QED) is 0.487. The van der Waals surface area contributed by atoms with Gasteiger partial charge in [0.1, 0.15) is 5.69 Å². The minimum atomic E-state index is -0.597. The topological polar surface area (TPSA) is 98.3 Å². The van der Waals surface area contributed by atoms with Gasteiger partial charge in [0.15, 0.2) is 0 Å². The Hall–Kier alpha value is -2.12. The van der Waals surface area contributed by atoms with Crippen molar-refractivity contribution in [3.05, 3.63) is 61.6 Å². The Morgan fingerprint density at radius 1 is 1.29 bits per heavy atom. The van der Waals surface area contributed by atoms with Gasteiger partial charge in [-0.05, 0) is 46.3 Å². The number of nitrogen functional groups attached to an aromatic ring is 1. The molecule has 0 spiro atoms. The molecule has 0 fully saturated rings. The first-order valence-corrected chi connectivity index (χ1v) is 6.86. The molecule has 0 radical (unpaired) electrons. The molecule has 8 heteroatoms. The highest BCUT2D eigenvalue weighted by molar-refractivity contribution is 9.10. The number of nitro groups is 1. The van der Waals surface area contributed by atoms with Crippen LogP contribution in [-0.2, 0) is 0 Å². The maximum Gasteiger partial charge on any atom is 0.292 e. The average Bonchev–Trinajstić information content (AvgIpc) is 2.41. The first kappa shape index (κ1) is 15.3. The van der Waals surface area contributed by atoms with Gasteiger partial charge in [-0.2, -0.15) is 0 Å². The predicted molar refractivity (Wildman–Crippen MR) is 84.6 cm³/mol. The number of nitrogens with one attached hydrogen (secondary N) is 1. The summed E-state index contributed by atoms with van der Waals surface area (Å²) in [4.78, 5) is 22.6. The molecule has 0 aliphatic carbocycles. The van der Waals surface area contributed by atoms with Crippen LogP contribution in [0.3, 0.4) is 0 Å². The van der Waals surface area contributed by atoms with Crippen LogP contribution in [-0.4, -0.2) is 10.8 Å². The SMILES string of the molecule is Nc1ccc(Br)c(C(=O)Nc2cc(Cl)ccc2[N+](=O)[O-])c1. The fourth-order valence-corrected chi connectivity index (χ4v) is 2.27. The van der Waals surface area contributed by atoms with Gasteiger partial charge in [0.2, 0.25) is 0 Å². The number of rotatable bonds is 3. The number of carbonyl (C=O) groups excluding carboxylic acids is 1. The molecule has 0 bridgehead atoms. The monoisotopic (exact) mass is 369 g/mol. The lowest BCUT2D eigenvalue weighted by atomic mass is 10.2. The van der Waals surface area contributed by atoms with Gasteiger partial charge in [-0.3, -0.25) is 14.9 Å². The Balaban J connectivity index is 2.38. The Kier molecular flexibility index (Phi) is 4.44. The van der Waals surface area contributed by atoms with Crippen molar-refractivity contribution in [3.63, 3.8) is 0 Å². The number of amides is 1. The summed E-state index contributed by atoms with van der Waals surface area (Å²) < 4.78 is 0.527. The number of nitro benzene ring substituents is 1. The minimum Gasteiger partial charge on any atom is -0.399 e. The number of hydrogen-bond donors (Lipinski definition) is 2. The zero-order chi connectivity index (χ0) is 15.6. The number of carbonyl (C=O) groups is 1. The van der Waals surface area contributed by atoms with Crippen molar-refractivity contribution in [1.82, 2.24) is 0 Å². The van der Waals surface area contributed by atoms with E-state index in [1.54, 1.807) is 12.1 Å². The summed E-state index contributed by atoms with van der Waals surface area (Å²) >= 11 is 9.03. The molecule has 1 amide bonds. The Morgan fingerprint density at radius 2 is 2.00 bits per heavy atom. The van der Waals surface area contributed by atoms with Crippen molar-refractivity contribution in [3.8, 4) is 0 Å². The molecular formula is C13H9BrClN3O3. The normalized spacial score (nSPS) is 10.2. The van der Waals surface area contributed by atoms with Crippen LogP contribution in [0.5, 0.6) is 0 Å². The largest absolute Gasteiger partial charge is 0.399 e. The van der Waals surface area contributed by atoms with Gasteiger partial charge in [-0.25, -0.2) is 0 Å². The molecule has 2 rings (SSSR count). The Labute approximate surface area is 133 Å². The molecule has 0 saturated heterocycles. The second-order valence-electron chi connectivity index (χ2n) is 4.11. The molecule has 6 nitrogen and oxygen atoms in total. The number of benzene rings is 2. The summed E-state index contributed by atoms with van der Waals surface area (Å²) in [5.41, 5.74) is 6.08. The fourth-order valence-electron chi connectivity index (χ4n) is 1.67. The molecule has 0 atom stereocenters. The zero-order valence-corrected chi connectivity index (χ0v) is 12.8. The summed E-state index contributed by atoms with van der Waals surface area (Å²) in [6.45, 7) is 0. The second kappa shape index (κ2) is 6.11. The Bertz CT molecular complexity index is 737. The summed E-state index contributed by atoms with van der Waals surface area (Å²) in [5, 5.41) is 13.7. The maximum absolute atomic E-state index is 12.2. The Morgan fingerprint density at radius 3 is 2.67 bits per heavy atom. The molecule has 0 saturated carbocycles. The van der Waals surface area contributed by atoms with Gasteiger partial charge in [-0.1, -0.05) is 11.6 Å². The first-order valence-electron chi connectivity index (χ1n) is 5.69. The van der Waals surface area contributed by atoms with Gasteiger partial charge in [0, 0.05) is 21.2 Å². The molecule has 2 aromatic carbocycles. The van der Waals surface area contributed by atoms with E-state index in [1.807, 2.05) is 0 Å². The number of halogens is 2. The van der Waals surface area contributed by atoms with Crippen molar-refractivity contribution in [2.45, 2.75) is 0 Å². The van der Waals surface area contributed by atoms with E-state index in [9.17, 15) is 14.9 Å². The summed E-state index contributed by atoms with van der Waals surface area (Å²) in [6, 6.07) is 8.64. The van der Waals surface area contributed by atoms with Crippen LogP contribution in [0.25, 0.3) is 0 Å². The van der Waals surface area contributed by atoms with Crippen LogP contribution in [0.1, 0.15) is 10.4 Å². The van der Waals surface area contributed by atoms with Crippen LogP contribution in [0.15, 0.2) is 40.9 Å². The standard InChI is InChI=1S/C13H9BrClN3O3/c14-10-3-2-8(16)6-9(10)13(19)17-11-5-7(15)1-4-12(11)18(20)21/h1-6H,16H2,(H,17,19). The molecule has 0 unspecified atom stereocenters. The maximum atomic E-state index is 12.2. The van der Waals surface area contributed by atoms with E-state index in [-0.39, 0.29) is 22.0 Å². The highest BCUT2D eigenvalue weighted by Crippen LogP contribution is 2.29. The van der Waals surface area contributed by atoms with E-state index in [0.717, 1.165) is 0 Å². The van der Waals surface area contributed by atoms with Crippen molar-refractivity contribution in [1.29, 1.82) is 0 Å². The van der Waals surface area contributed by atoms with E-state index < -0.39 is 10.8 Å². The predicted octanol–water partition coefficient (Wildman–Crippen LogP) is 3.85. The number of hydrogen-bond acceptors (Lipinski definition) is 4. The van der Waals surface area contributed by atoms with Gasteiger partial charge < -0.3 is 11.1 Å². The van der Waals surface area contributed by atoms with Crippen molar-refractivity contribution in [2.24, 2.45) is 0 Å². The van der Waals surface area contributed by atoms with E-state index in [4.69, 9.17) is 17.3 Å². The van der Waals surface area contributed by atoms with Crippen LogP contribution >= 0.6 is 27.5 Å². The minimum absolute atomic E-state index is 0.0202. The van der Waals surface area contributed by atoms with E-state index in [0.29, 0.717) is 10.2 Å². The molecule has 0 aromatic heterocycles. The van der Waals surface area contributed by atoms with Gasteiger partial charge >= 0.3 is 0 Å². The van der Waals surface area contributed by atoms with Crippen LogP contribution in [0, 0.1) is 10.1 Å². The van der Waals surface area contributed by atoms with Crippen LogP contribution < -0.4 is 11.1 Å². The van der Waals surface area contributed by atoms with Gasteiger partial charge in [0.25, 0.3) is 11.6 Å². The fraction of sp³-hybridized carbons (Fsp3) is 0. The van der Waals surface area contributed by atoms with Crippen LogP contribution in [0.2, 0.25) is 5.02 Å². The first-order chi connectivity index (χ1) is 9.88. The lowest BCUT2D eigenvalue weighted by Gasteiger charge is -2.08. The molecule has 108 valence electrons. The second-order valence-corrected chi connectivity index (χ2v) is 5.40. The number of nitrogens with two attached hydrogens (primary N) is 1. The third-order valence-corrected chi connectivity index (χ3v) is 3.57. The summed E-state index contributed by atoms with van der Waals surface area (Å²) in [6.07, 6.45) is 0. The van der Waals surface area contributed by atoms with E-state index in [2.05, 4.69) is 21.2 Å². The molecular weight excluding hydrogens is 362 g/mol. The molecule has 0 heterocycles. The molecule has 0 aliphatic heterocycles.